The van der Waals surface area contributed by atoms with Crippen molar-refractivity contribution in [3.05, 3.63) is 65.2 Å². The Bertz CT molecular complexity index is 1000. The highest BCUT2D eigenvalue weighted by molar-refractivity contribution is 6.25. The van der Waals surface area contributed by atoms with Gasteiger partial charge in [0.25, 0.3) is 11.8 Å². The molecule has 2 heterocycles. The Morgan fingerprint density at radius 2 is 1.76 bits per heavy atom. The number of amides is 4. The molecular weight excluding hydrogens is 370 g/mol. The van der Waals surface area contributed by atoms with Gasteiger partial charge < -0.3 is 4.90 Å². The smallest absolute Gasteiger partial charge is 0.264 e. The number of nitrogens with zero attached hydrogens (tertiary/aromatic N) is 2. The second-order valence-corrected chi connectivity index (χ2v) is 7.30. The summed E-state index contributed by atoms with van der Waals surface area (Å²) in [7, 11) is 1.88. The van der Waals surface area contributed by atoms with E-state index in [1.165, 1.54) is 5.56 Å². The Morgan fingerprint density at radius 3 is 2.48 bits per heavy atom. The van der Waals surface area contributed by atoms with Crippen LogP contribution in [0, 0.1) is 0 Å². The number of hydrogen-bond acceptors (Lipinski definition) is 5. The van der Waals surface area contributed by atoms with Gasteiger partial charge >= 0.3 is 0 Å². The molecule has 7 nitrogen and oxygen atoms in total. The number of benzene rings is 2. The van der Waals surface area contributed by atoms with Crippen LogP contribution in [0.25, 0.3) is 0 Å². The fraction of sp³-hybridized carbons (Fsp3) is 0.273. The molecule has 0 radical (unpaired) electrons. The third-order valence-electron chi connectivity index (χ3n) is 5.44. The monoisotopic (exact) mass is 391 g/mol. The fourth-order valence-electron chi connectivity index (χ4n) is 3.88. The summed E-state index contributed by atoms with van der Waals surface area (Å²) in [4.78, 5) is 52.7. The molecule has 2 aromatic rings. The van der Waals surface area contributed by atoms with Crippen molar-refractivity contribution in [2.45, 2.75) is 25.3 Å². The van der Waals surface area contributed by atoms with Crippen LogP contribution in [-0.4, -0.2) is 48.2 Å². The minimum absolute atomic E-state index is 0.105. The number of piperidine rings is 1. The number of imide groups is 2. The molecule has 29 heavy (non-hydrogen) atoms. The van der Waals surface area contributed by atoms with Crippen molar-refractivity contribution < 1.29 is 19.2 Å². The van der Waals surface area contributed by atoms with Gasteiger partial charge in [-0.2, -0.15) is 0 Å². The molecule has 7 heteroatoms. The molecule has 2 aromatic carbocycles. The third kappa shape index (κ3) is 3.40. The predicted molar refractivity (Wildman–Crippen MR) is 107 cm³/mol. The largest absolute Gasteiger partial charge is 0.374 e. The molecule has 0 bridgehead atoms. The first-order chi connectivity index (χ1) is 14.0. The molecule has 0 saturated carbocycles. The van der Waals surface area contributed by atoms with Crippen LogP contribution >= 0.6 is 0 Å². The summed E-state index contributed by atoms with van der Waals surface area (Å²) in [5.41, 5.74) is 2.45. The normalized spacial score (nSPS) is 18.7. The molecule has 1 fully saturated rings. The van der Waals surface area contributed by atoms with Gasteiger partial charge in [0.2, 0.25) is 11.8 Å². The third-order valence-corrected chi connectivity index (χ3v) is 5.44. The molecule has 0 aromatic heterocycles. The van der Waals surface area contributed by atoms with Crippen LogP contribution in [0.1, 0.15) is 39.1 Å². The molecule has 4 amide bonds. The highest BCUT2D eigenvalue weighted by Crippen LogP contribution is 2.33. The van der Waals surface area contributed by atoms with Crippen molar-refractivity contribution in [2.75, 3.05) is 18.5 Å². The van der Waals surface area contributed by atoms with E-state index in [2.05, 4.69) is 5.32 Å². The molecule has 148 valence electrons. The minimum Gasteiger partial charge on any atom is -0.374 e. The molecule has 1 atom stereocenters. The maximum absolute atomic E-state index is 13.1. The Kier molecular flexibility index (Phi) is 4.88. The lowest BCUT2D eigenvalue weighted by Crippen LogP contribution is -2.54. The van der Waals surface area contributed by atoms with Gasteiger partial charge in [-0.25, -0.2) is 0 Å². The minimum atomic E-state index is -0.956. The van der Waals surface area contributed by atoms with Gasteiger partial charge in [-0.1, -0.05) is 36.4 Å². The maximum Gasteiger partial charge on any atom is 0.264 e. The van der Waals surface area contributed by atoms with Crippen LogP contribution in [0.3, 0.4) is 0 Å². The first-order valence-corrected chi connectivity index (χ1v) is 9.57. The first kappa shape index (κ1) is 18.9. The molecule has 1 N–H and O–H groups in total. The summed E-state index contributed by atoms with van der Waals surface area (Å²) >= 11 is 0. The van der Waals surface area contributed by atoms with Crippen molar-refractivity contribution in [2.24, 2.45) is 0 Å². The lowest BCUT2D eigenvalue weighted by atomic mass is 10.0. The molecule has 1 saturated heterocycles. The second-order valence-electron chi connectivity index (χ2n) is 7.30. The lowest BCUT2D eigenvalue weighted by Gasteiger charge is -2.28. The molecule has 1 unspecified atom stereocenters. The predicted octanol–water partition coefficient (Wildman–Crippen LogP) is 1.77. The number of carbonyl (C=O) groups excluding carboxylic acids is 4. The Balaban J connectivity index is 1.59. The number of anilines is 1. The van der Waals surface area contributed by atoms with Crippen molar-refractivity contribution in [1.82, 2.24) is 10.2 Å². The molecular formula is C22H21N3O4. The summed E-state index contributed by atoms with van der Waals surface area (Å²) in [6.45, 7) is 0.667. The summed E-state index contributed by atoms with van der Waals surface area (Å²) < 4.78 is 0. The van der Waals surface area contributed by atoms with Gasteiger partial charge in [0.1, 0.15) is 6.04 Å². The first-order valence-electron chi connectivity index (χ1n) is 9.57. The van der Waals surface area contributed by atoms with E-state index in [1.54, 1.807) is 12.1 Å². The van der Waals surface area contributed by atoms with E-state index in [-0.39, 0.29) is 18.7 Å². The van der Waals surface area contributed by atoms with E-state index in [0.717, 1.165) is 11.3 Å². The molecule has 0 spiro atoms. The van der Waals surface area contributed by atoms with E-state index in [1.807, 2.05) is 48.3 Å². The Morgan fingerprint density at radius 1 is 1.00 bits per heavy atom. The van der Waals surface area contributed by atoms with E-state index in [9.17, 15) is 19.2 Å². The molecule has 4 rings (SSSR count). The second kappa shape index (κ2) is 7.50. The topological polar surface area (TPSA) is 86.8 Å². The summed E-state index contributed by atoms with van der Waals surface area (Å²) in [5.74, 6) is -1.96. The van der Waals surface area contributed by atoms with Gasteiger partial charge in [-0.3, -0.25) is 29.4 Å². The zero-order valence-corrected chi connectivity index (χ0v) is 16.1. The number of fused-ring (bicyclic) bond motifs is 1. The molecule has 0 aliphatic carbocycles. The molecule has 2 aliphatic heterocycles. The van der Waals surface area contributed by atoms with Crippen molar-refractivity contribution >= 4 is 29.3 Å². The van der Waals surface area contributed by atoms with E-state index >= 15 is 0 Å². The van der Waals surface area contributed by atoms with Gasteiger partial charge in [0.05, 0.1) is 16.8 Å². The summed E-state index contributed by atoms with van der Waals surface area (Å²) in [6.07, 6.45) is 1.04. The zero-order valence-electron chi connectivity index (χ0n) is 16.1. The highest BCUT2D eigenvalue weighted by Gasteiger charge is 2.45. The number of rotatable bonds is 5. The van der Waals surface area contributed by atoms with E-state index < -0.39 is 23.8 Å². The Labute approximate surface area is 168 Å². The van der Waals surface area contributed by atoms with Crippen molar-refractivity contribution in [3.8, 4) is 0 Å². The van der Waals surface area contributed by atoms with Gasteiger partial charge in [0, 0.05) is 20.0 Å². The summed E-state index contributed by atoms with van der Waals surface area (Å²) in [6, 6.07) is 14.2. The highest BCUT2D eigenvalue weighted by atomic mass is 16.2. The standard InChI is InChI=1S/C22H21N3O4/c1-24(13-12-14-6-3-2-4-7-14)16-9-5-8-15-19(16)22(29)25(21(15)28)17-10-11-18(26)23-20(17)27/h2-9,17H,10-13H2,1H3,(H,23,26,27). The summed E-state index contributed by atoms with van der Waals surface area (Å²) in [5, 5.41) is 2.22. The number of nitrogens with one attached hydrogen (secondary N) is 1. The average molecular weight is 391 g/mol. The number of likely N-dealkylation sites (N-methyl/N-ethyl adjacent to an activating group) is 1. The van der Waals surface area contributed by atoms with E-state index in [0.29, 0.717) is 23.4 Å². The number of carbonyl (C=O) groups is 4. The van der Waals surface area contributed by atoms with Crippen LogP contribution in [0.2, 0.25) is 0 Å². The van der Waals surface area contributed by atoms with Crippen LogP contribution in [0.5, 0.6) is 0 Å². The van der Waals surface area contributed by atoms with Crippen LogP contribution in [0.15, 0.2) is 48.5 Å². The SMILES string of the molecule is CN(CCc1ccccc1)c1cccc2c1C(=O)N(C1CCC(=O)NC1=O)C2=O. The number of hydrogen-bond donors (Lipinski definition) is 1. The maximum atomic E-state index is 13.1. The average Bonchev–Trinajstić information content (AvgIpc) is 2.98. The zero-order chi connectivity index (χ0) is 20.5. The van der Waals surface area contributed by atoms with Crippen LogP contribution in [-0.2, 0) is 16.0 Å². The molecule has 2 aliphatic rings. The van der Waals surface area contributed by atoms with Gasteiger partial charge in [-0.05, 0) is 30.5 Å². The quantitative estimate of drug-likeness (QED) is 0.785. The van der Waals surface area contributed by atoms with Gasteiger partial charge in [0.15, 0.2) is 0 Å². The lowest BCUT2D eigenvalue weighted by molar-refractivity contribution is -0.136. The Hall–Kier alpha value is -3.48. The van der Waals surface area contributed by atoms with E-state index in [4.69, 9.17) is 0 Å². The van der Waals surface area contributed by atoms with Crippen molar-refractivity contribution in [1.29, 1.82) is 0 Å². The van der Waals surface area contributed by atoms with Crippen LogP contribution < -0.4 is 10.2 Å². The van der Waals surface area contributed by atoms with Crippen LogP contribution in [0.4, 0.5) is 5.69 Å². The van der Waals surface area contributed by atoms with Crippen molar-refractivity contribution in [3.63, 3.8) is 0 Å². The van der Waals surface area contributed by atoms with Gasteiger partial charge in [-0.15, -0.1) is 0 Å². The fourth-order valence-corrected chi connectivity index (χ4v) is 3.88.